The van der Waals surface area contributed by atoms with E-state index in [1.807, 2.05) is 75.7 Å². The molecule has 3 N–H and O–H groups in total. The van der Waals surface area contributed by atoms with Gasteiger partial charge in [-0.25, -0.2) is 27.2 Å². The van der Waals surface area contributed by atoms with Crippen LogP contribution >= 0.6 is 11.3 Å². The Morgan fingerprint density at radius 2 is 1.33 bits per heavy atom. The number of nitrogens with zero attached hydrogens (tertiary/aromatic N) is 7. The molecule has 6 aromatic rings. The summed E-state index contributed by atoms with van der Waals surface area (Å²) < 4.78 is 101. The number of aryl methyl sites for hydroxylation is 1. The Bertz CT molecular complexity index is 3580. The fourth-order valence-electron chi connectivity index (χ4n) is 11.5. The number of likely N-dealkylation sites (tertiary alicyclic amines) is 1. The molecule has 2 aromatic heterocycles. The van der Waals surface area contributed by atoms with Gasteiger partial charge < -0.3 is 63.4 Å². The van der Waals surface area contributed by atoms with E-state index in [2.05, 4.69) is 30.4 Å². The van der Waals surface area contributed by atoms with E-state index in [4.69, 9.17) is 42.9 Å². The van der Waals surface area contributed by atoms with Crippen LogP contribution < -0.4 is 20.1 Å². The number of rotatable bonds is 36. The number of hydrogen-bond acceptors (Lipinski definition) is 21. The summed E-state index contributed by atoms with van der Waals surface area (Å²) in [6.45, 7) is 18.2. The molecule has 3 atom stereocenters. The number of piperazine rings is 1. The number of aliphatic hydroxyl groups excluding tert-OH is 1. The van der Waals surface area contributed by atoms with E-state index in [0.29, 0.717) is 105 Å². The Morgan fingerprint density at radius 3 is 1.95 bits per heavy atom. The number of aromatic nitrogens is 3. The highest BCUT2D eigenvalue weighted by molar-refractivity contribution is 7.91. The smallest absolute Gasteiger partial charge is 0.246 e. The quantitative estimate of drug-likeness (QED) is 0.0370. The maximum Gasteiger partial charge on any atom is 0.246 e. The van der Waals surface area contributed by atoms with Gasteiger partial charge in [-0.3, -0.25) is 29.2 Å². The van der Waals surface area contributed by atoms with Gasteiger partial charge in [0, 0.05) is 95.1 Å². The van der Waals surface area contributed by atoms with Gasteiger partial charge in [0.05, 0.1) is 143 Å². The normalized spacial score (nSPS) is 17.4. The summed E-state index contributed by atoms with van der Waals surface area (Å²) in [6.07, 6.45) is 1.70. The zero-order valence-electron chi connectivity index (χ0n) is 55.6. The van der Waals surface area contributed by atoms with Gasteiger partial charge in [0.25, 0.3) is 0 Å². The van der Waals surface area contributed by atoms with Gasteiger partial charge in [0.2, 0.25) is 17.7 Å². The summed E-state index contributed by atoms with van der Waals surface area (Å²) in [5.74, 6) is -1.66. The number of carbonyl (C=O) groups excluding carboxylic acids is 3. The second kappa shape index (κ2) is 36.2. The number of hydrogen-bond donors (Lipinski definition) is 3. The molecule has 5 heterocycles. The van der Waals surface area contributed by atoms with E-state index in [1.54, 1.807) is 47.7 Å². The van der Waals surface area contributed by atoms with Gasteiger partial charge in [-0.05, 0) is 71.8 Å². The van der Waals surface area contributed by atoms with Gasteiger partial charge in [0.15, 0.2) is 21.3 Å². The molecule has 96 heavy (non-hydrogen) atoms. The molecule has 522 valence electrons. The van der Waals surface area contributed by atoms with E-state index in [1.165, 1.54) is 17.0 Å². The number of aliphatic hydroxyl groups is 1. The molecule has 3 aliphatic heterocycles. The standard InChI is InChI=1S/C69H91F2N9O14S2/c1-48-65(95-47-74-48)50-12-10-49(11-13-50)42-73-67(83)60-41-53(81)44-80(60)68(84)66(69(2,3)4)76-63(82)46-93-35-34-92-33-32-91-31-30-90-29-28-89-27-26-88-25-21-78-19-17-77(18-20-78)16-7-24-94-61-15-14-51(40-62(61)87-5)59-43-72-58-9-6-8-54(64(58)75-59)52-38-56(70)55(57(71)39-52)45-79-22-36-96(85,86)37-23-79/h6,8-15,38-40,43,47,53,60,66,81H,7,16-37,41-42,44-46H2,1-5H3,(H,73,83)(H,76,82)/t53-,60+,66-/m1/s1. The van der Waals surface area contributed by atoms with Crippen LogP contribution in [0.15, 0.2) is 84.5 Å². The third kappa shape index (κ3) is 21.6. The van der Waals surface area contributed by atoms with E-state index in [0.717, 1.165) is 73.0 Å². The van der Waals surface area contributed by atoms with Crippen LogP contribution in [0.2, 0.25) is 0 Å². The first-order valence-electron chi connectivity index (χ1n) is 32.8. The summed E-state index contributed by atoms with van der Waals surface area (Å²) in [5.41, 5.74) is 7.05. The average molecular weight is 1370 g/mol. The summed E-state index contributed by atoms with van der Waals surface area (Å²) >= 11 is 1.57. The Labute approximate surface area is 565 Å². The SMILES string of the molecule is COc1cc(-c2cnc3cccc(-c4cc(F)c(CN5CCS(=O)(=O)CC5)c(F)c4)c3n2)ccc1OCCCN1CCN(CCOCCOCCOCCOCCOCCOCC(=O)N[C@H](C(=O)N2C[C@H](O)C[C@H]2C(=O)NCc2ccc(-c3scnc3C)cc2)C(C)(C)C)CC1. The molecule has 0 radical (unpaired) electrons. The fourth-order valence-corrected chi connectivity index (χ4v) is 13.6. The van der Waals surface area contributed by atoms with Crippen LogP contribution in [0.4, 0.5) is 8.78 Å². The van der Waals surface area contributed by atoms with Crippen LogP contribution in [-0.4, -0.2) is 247 Å². The molecule has 3 amide bonds. The van der Waals surface area contributed by atoms with Crippen molar-refractivity contribution in [3.63, 3.8) is 0 Å². The van der Waals surface area contributed by atoms with Gasteiger partial charge in [-0.2, -0.15) is 0 Å². The second-order valence-electron chi connectivity index (χ2n) is 25.1. The molecule has 0 spiro atoms. The van der Waals surface area contributed by atoms with Crippen molar-refractivity contribution in [2.24, 2.45) is 5.41 Å². The molecule has 0 bridgehead atoms. The van der Waals surface area contributed by atoms with Crippen molar-refractivity contribution >= 4 is 49.9 Å². The molecule has 9 rings (SSSR count). The van der Waals surface area contributed by atoms with Gasteiger partial charge >= 0.3 is 0 Å². The van der Waals surface area contributed by atoms with E-state index in [9.17, 15) is 27.9 Å². The highest BCUT2D eigenvalue weighted by Crippen LogP contribution is 2.36. The lowest BCUT2D eigenvalue weighted by Crippen LogP contribution is -2.58. The zero-order valence-corrected chi connectivity index (χ0v) is 57.2. The van der Waals surface area contributed by atoms with Crippen LogP contribution in [0.5, 0.6) is 11.5 Å². The Hall–Kier alpha value is -6.73. The molecular weight excluding hydrogens is 1280 g/mol. The first kappa shape index (κ1) is 73.5. The third-order valence-electron chi connectivity index (χ3n) is 17.0. The first-order chi connectivity index (χ1) is 46.3. The Morgan fingerprint density at radius 1 is 0.719 bits per heavy atom. The number of β-amino-alcohol motifs (C(OH)–C–C–N with tert-alkyl or cyclic N) is 1. The van der Waals surface area contributed by atoms with Gasteiger partial charge in [0.1, 0.15) is 30.3 Å². The van der Waals surface area contributed by atoms with Crippen LogP contribution in [-0.2, 0) is 65.7 Å². The molecule has 3 aliphatic rings. The summed E-state index contributed by atoms with van der Waals surface area (Å²) in [5, 5.41) is 16.3. The minimum Gasteiger partial charge on any atom is -0.493 e. The highest BCUT2D eigenvalue weighted by Gasteiger charge is 2.44. The number of nitrogens with one attached hydrogen (secondary N) is 2. The highest BCUT2D eigenvalue weighted by atomic mass is 32.2. The maximum atomic E-state index is 15.5. The molecule has 4 aromatic carbocycles. The Balaban J connectivity index is 0.555. The number of halogens is 2. The molecule has 3 fully saturated rings. The van der Waals surface area contributed by atoms with Gasteiger partial charge in [-0.1, -0.05) is 57.2 Å². The van der Waals surface area contributed by atoms with Gasteiger partial charge in [-0.15, -0.1) is 11.3 Å². The van der Waals surface area contributed by atoms with Crippen molar-refractivity contribution in [1.29, 1.82) is 0 Å². The van der Waals surface area contributed by atoms with Crippen molar-refractivity contribution in [3.05, 3.63) is 113 Å². The maximum absolute atomic E-state index is 15.5. The summed E-state index contributed by atoms with van der Waals surface area (Å²) in [7, 11) is -1.54. The molecule has 0 aliphatic carbocycles. The predicted octanol–water partition coefficient (Wildman–Crippen LogP) is 6.21. The molecule has 23 nitrogen and oxygen atoms in total. The van der Waals surface area contributed by atoms with Crippen molar-refractivity contribution < 1.29 is 74.6 Å². The topological polar surface area (TPSA) is 255 Å². The van der Waals surface area contributed by atoms with Crippen molar-refractivity contribution in [2.75, 3.05) is 163 Å². The lowest BCUT2D eigenvalue weighted by Gasteiger charge is -2.35. The van der Waals surface area contributed by atoms with E-state index >= 15 is 8.78 Å². The molecule has 3 saturated heterocycles. The number of carbonyl (C=O) groups is 3. The summed E-state index contributed by atoms with van der Waals surface area (Å²) in [4.78, 5) is 63.3. The molecule has 0 unspecified atom stereocenters. The summed E-state index contributed by atoms with van der Waals surface area (Å²) in [6, 6.07) is 19.5. The number of ether oxygens (including phenoxy) is 8. The minimum absolute atomic E-state index is 0.0213. The van der Waals surface area contributed by atoms with Crippen LogP contribution in [0.25, 0.3) is 43.9 Å². The Kier molecular flexibility index (Phi) is 27.7. The minimum atomic E-state index is -3.13. The second-order valence-corrected chi connectivity index (χ2v) is 28.2. The largest absolute Gasteiger partial charge is 0.493 e. The predicted molar refractivity (Wildman–Crippen MR) is 360 cm³/mol. The third-order valence-corrected chi connectivity index (χ3v) is 19.6. The van der Waals surface area contributed by atoms with Crippen molar-refractivity contribution in [2.45, 2.75) is 71.8 Å². The van der Waals surface area contributed by atoms with Crippen molar-refractivity contribution in [3.8, 4) is 44.3 Å². The van der Waals surface area contributed by atoms with Crippen molar-refractivity contribution in [1.82, 2.24) is 45.2 Å². The van der Waals surface area contributed by atoms with Crippen LogP contribution in [0.3, 0.4) is 0 Å². The lowest BCUT2D eigenvalue weighted by molar-refractivity contribution is -0.144. The number of fused-ring (bicyclic) bond motifs is 1. The number of para-hydroxylation sites is 1. The number of methoxy groups -OCH3 is 1. The first-order valence-corrected chi connectivity index (χ1v) is 35.5. The van der Waals surface area contributed by atoms with Crippen LogP contribution in [0, 0.1) is 24.0 Å². The number of amides is 3. The molecular formula is C69H91F2N9O14S2. The molecule has 27 heteroatoms. The zero-order chi connectivity index (χ0) is 68.0. The number of benzene rings is 4. The van der Waals surface area contributed by atoms with E-state index in [-0.39, 0.29) is 81.9 Å². The fraction of sp³-hybridized carbons (Fsp3) is 0.536. The van der Waals surface area contributed by atoms with Crippen LogP contribution in [0.1, 0.15) is 50.4 Å². The number of thiazole rings is 1. The number of sulfone groups is 1. The molecule has 0 saturated carbocycles. The van der Waals surface area contributed by atoms with E-state index < -0.39 is 56.9 Å². The monoisotopic (exact) mass is 1370 g/mol. The average Bonchev–Trinajstić information content (AvgIpc) is 0.808. The lowest BCUT2D eigenvalue weighted by atomic mass is 9.85.